The average molecular weight is 445 g/mol. The first kappa shape index (κ1) is 22.2. The Morgan fingerprint density at radius 1 is 1.41 bits per heavy atom. The van der Waals surface area contributed by atoms with Crippen molar-refractivity contribution in [1.29, 1.82) is 0 Å². The highest BCUT2D eigenvalue weighted by Crippen LogP contribution is 2.32. The number of hydrogen-bond donors (Lipinski definition) is 3. The normalized spacial score (nSPS) is 20.6. The molecule has 0 radical (unpaired) electrons. The Bertz CT molecular complexity index is 999. The number of nitrogens with zero attached hydrogens (tertiary/aromatic N) is 5. The molecule has 0 aliphatic carbocycles. The predicted molar refractivity (Wildman–Crippen MR) is 118 cm³/mol. The summed E-state index contributed by atoms with van der Waals surface area (Å²) >= 11 is 0. The molecular weight excluding hydrogens is 415 g/mol. The first-order valence-corrected chi connectivity index (χ1v) is 10.7. The van der Waals surface area contributed by atoms with Crippen molar-refractivity contribution < 1.29 is 14.0 Å². The lowest BCUT2D eigenvalue weighted by atomic mass is 9.87. The van der Waals surface area contributed by atoms with Crippen LogP contribution in [-0.2, 0) is 10.4 Å². The van der Waals surface area contributed by atoms with E-state index < -0.39 is 11.9 Å². The van der Waals surface area contributed by atoms with E-state index in [0.717, 1.165) is 44.6 Å². The zero-order valence-corrected chi connectivity index (χ0v) is 18.3. The van der Waals surface area contributed by atoms with E-state index >= 15 is 0 Å². The van der Waals surface area contributed by atoms with Gasteiger partial charge in [0, 0.05) is 56.7 Å². The fourth-order valence-electron chi connectivity index (χ4n) is 4.43. The first-order chi connectivity index (χ1) is 15.4. The van der Waals surface area contributed by atoms with Crippen molar-refractivity contribution in [3.63, 3.8) is 0 Å². The van der Waals surface area contributed by atoms with E-state index in [9.17, 15) is 9.18 Å². The van der Waals surface area contributed by atoms with Crippen LogP contribution in [0.2, 0.25) is 0 Å². The molecule has 10 nitrogen and oxygen atoms in total. The van der Waals surface area contributed by atoms with Gasteiger partial charge in [-0.2, -0.15) is 9.49 Å². The third kappa shape index (κ3) is 4.73. The molecule has 0 saturated carbocycles. The Morgan fingerprint density at radius 2 is 2.19 bits per heavy atom. The van der Waals surface area contributed by atoms with Crippen LogP contribution in [-0.4, -0.2) is 70.6 Å². The lowest BCUT2D eigenvalue weighted by molar-refractivity contribution is 0.0272. The maximum atomic E-state index is 13.5. The number of anilines is 2. The molecule has 1 unspecified atom stereocenters. The summed E-state index contributed by atoms with van der Waals surface area (Å²) < 4.78 is 15.3. The zero-order valence-electron chi connectivity index (χ0n) is 18.3. The van der Waals surface area contributed by atoms with Crippen LogP contribution in [0.5, 0.6) is 0 Å². The average Bonchev–Trinajstić information content (AvgIpc) is 3.36. The van der Waals surface area contributed by atoms with Crippen molar-refractivity contribution in [3.8, 4) is 0 Å². The SMILES string of the molecule is CNCC1(n2cc(C(N)=O)c(Nc3ccnc(F)c3)n2)CCN(CC2CC(C)=NO2)CC1. The van der Waals surface area contributed by atoms with Gasteiger partial charge in [0.1, 0.15) is 11.7 Å². The predicted octanol–water partition coefficient (Wildman–Crippen LogP) is 1.43. The summed E-state index contributed by atoms with van der Waals surface area (Å²) in [4.78, 5) is 23.5. The van der Waals surface area contributed by atoms with Gasteiger partial charge >= 0.3 is 0 Å². The minimum Gasteiger partial charge on any atom is -0.391 e. The lowest BCUT2D eigenvalue weighted by Crippen LogP contribution is -2.52. The molecule has 4 heterocycles. The number of rotatable bonds is 8. The van der Waals surface area contributed by atoms with E-state index in [2.05, 4.69) is 30.8 Å². The fraction of sp³-hybridized carbons (Fsp3) is 0.524. The number of carbonyl (C=O) groups is 1. The molecule has 0 spiro atoms. The first-order valence-electron chi connectivity index (χ1n) is 10.7. The van der Waals surface area contributed by atoms with Crippen molar-refractivity contribution in [1.82, 2.24) is 25.0 Å². The highest BCUT2D eigenvalue weighted by Gasteiger charge is 2.38. The number of likely N-dealkylation sites (tertiary alicyclic amines) is 1. The van der Waals surface area contributed by atoms with Gasteiger partial charge in [-0.05, 0) is 32.9 Å². The summed E-state index contributed by atoms with van der Waals surface area (Å²) in [6, 6.07) is 2.84. The number of hydrogen-bond acceptors (Lipinski definition) is 8. The van der Waals surface area contributed by atoms with Crippen LogP contribution < -0.4 is 16.4 Å². The number of nitrogens with two attached hydrogens (primary N) is 1. The number of piperidine rings is 1. The number of primary amides is 1. The van der Waals surface area contributed by atoms with Gasteiger partial charge in [-0.25, -0.2) is 4.98 Å². The van der Waals surface area contributed by atoms with Crippen molar-refractivity contribution in [3.05, 3.63) is 36.0 Å². The molecule has 1 fully saturated rings. The highest BCUT2D eigenvalue weighted by atomic mass is 19.1. The Balaban J connectivity index is 1.52. The quantitative estimate of drug-likeness (QED) is 0.527. The molecule has 2 aliphatic heterocycles. The van der Waals surface area contributed by atoms with Crippen LogP contribution >= 0.6 is 0 Å². The largest absolute Gasteiger partial charge is 0.391 e. The molecule has 2 aliphatic rings. The standard InChI is InChI=1S/C21H29FN8O2/c1-14-9-16(32-28-14)11-29-7-4-21(5-8-29,13-24-2)30-12-17(19(23)31)20(27-30)26-15-3-6-25-18(22)10-15/h3,6,10,12,16,24H,4-5,7-9,11,13H2,1-2H3,(H2,23,31)(H,25,26,27). The van der Waals surface area contributed by atoms with Crippen LogP contribution in [0, 0.1) is 5.95 Å². The number of nitrogens with one attached hydrogen (secondary N) is 2. The second kappa shape index (κ2) is 9.21. The number of amides is 1. The zero-order chi connectivity index (χ0) is 22.7. The molecule has 1 saturated heterocycles. The molecule has 172 valence electrons. The number of halogens is 1. The van der Waals surface area contributed by atoms with E-state index in [1.807, 2.05) is 18.7 Å². The van der Waals surface area contributed by atoms with Gasteiger partial charge in [0.05, 0.1) is 11.3 Å². The number of oxime groups is 1. The summed E-state index contributed by atoms with van der Waals surface area (Å²) in [5, 5.41) is 15.0. The monoisotopic (exact) mass is 444 g/mol. The van der Waals surface area contributed by atoms with Crippen molar-refractivity contribution >= 4 is 23.1 Å². The summed E-state index contributed by atoms with van der Waals surface area (Å²) in [6.45, 7) is 5.23. The molecule has 4 N–H and O–H groups in total. The van der Waals surface area contributed by atoms with Crippen molar-refractivity contribution in [2.24, 2.45) is 10.9 Å². The van der Waals surface area contributed by atoms with Crippen LogP contribution in [0.4, 0.5) is 15.9 Å². The minimum absolute atomic E-state index is 0.106. The van der Waals surface area contributed by atoms with E-state index in [1.54, 1.807) is 12.3 Å². The Hall–Kier alpha value is -3.05. The third-order valence-electron chi connectivity index (χ3n) is 6.09. The molecule has 2 aromatic heterocycles. The second-order valence-corrected chi connectivity index (χ2v) is 8.51. The van der Waals surface area contributed by atoms with Gasteiger partial charge in [-0.3, -0.25) is 14.4 Å². The number of aromatic nitrogens is 3. The minimum atomic E-state index is -0.624. The van der Waals surface area contributed by atoms with Gasteiger partial charge in [0.25, 0.3) is 5.91 Å². The summed E-state index contributed by atoms with van der Waals surface area (Å²) in [5.41, 5.74) is 7.02. The third-order valence-corrected chi connectivity index (χ3v) is 6.09. The molecule has 32 heavy (non-hydrogen) atoms. The smallest absolute Gasteiger partial charge is 0.254 e. The molecule has 11 heteroatoms. The van der Waals surface area contributed by atoms with Crippen molar-refractivity contribution in [2.45, 2.75) is 37.8 Å². The van der Waals surface area contributed by atoms with Crippen LogP contribution in [0.1, 0.15) is 36.5 Å². The van der Waals surface area contributed by atoms with Crippen LogP contribution in [0.3, 0.4) is 0 Å². The summed E-state index contributed by atoms with van der Waals surface area (Å²) in [6.07, 6.45) is 5.68. The topological polar surface area (TPSA) is 123 Å². The number of pyridine rings is 1. The number of likely N-dealkylation sites (N-methyl/N-ethyl adjacent to an activating group) is 1. The van der Waals surface area contributed by atoms with Crippen LogP contribution in [0.25, 0.3) is 0 Å². The Labute approximate surface area is 186 Å². The van der Waals surface area contributed by atoms with E-state index in [0.29, 0.717) is 18.1 Å². The highest BCUT2D eigenvalue weighted by molar-refractivity contribution is 5.98. The maximum absolute atomic E-state index is 13.5. The molecule has 4 rings (SSSR count). The summed E-state index contributed by atoms with van der Waals surface area (Å²) in [7, 11) is 1.90. The van der Waals surface area contributed by atoms with E-state index in [1.165, 1.54) is 12.3 Å². The molecule has 1 amide bonds. The maximum Gasteiger partial charge on any atom is 0.254 e. The van der Waals surface area contributed by atoms with Gasteiger partial charge in [0.2, 0.25) is 5.95 Å². The van der Waals surface area contributed by atoms with Crippen LogP contribution in [0.15, 0.2) is 29.7 Å². The van der Waals surface area contributed by atoms with Gasteiger partial charge < -0.3 is 21.2 Å². The Kier molecular flexibility index (Phi) is 6.38. The molecule has 2 aromatic rings. The van der Waals surface area contributed by atoms with Gasteiger partial charge in [0.15, 0.2) is 5.82 Å². The lowest BCUT2D eigenvalue weighted by Gasteiger charge is -2.42. The van der Waals surface area contributed by atoms with E-state index in [4.69, 9.17) is 10.6 Å². The second-order valence-electron chi connectivity index (χ2n) is 8.51. The molecular formula is C21H29FN8O2. The van der Waals surface area contributed by atoms with Gasteiger partial charge in [-0.15, -0.1) is 0 Å². The molecule has 0 aromatic carbocycles. The molecule has 1 atom stereocenters. The fourth-order valence-corrected chi connectivity index (χ4v) is 4.43. The summed E-state index contributed by atoms with van der Waals surface area (Å²) in [5.74, 6) is -0.923. The van der Waals surface area contributed by atoms with Crippen molar-refractivity contribution in [2.75, 3.05) is 38.5 Å². The molecule has 0 bridgehead atoms. The Morgan fingerprint density at radius 3 is 2.81 bits per heavy atom. The number of carbonyl (C=O) groups excluding carboxylic acids is 1. The van der Waals surface area contributed by atoms with Gasteiger partial charge in [-0.1, -0.05) is 5.16 Å². The van der Waals surface area contributed by atoms with E-state index in [-0.39, 0.29) is 17.2 Å².